The summed E-state index contributed by atoms with van der Waals surface area (Å²) in [7, 11) is 1.68. The molecule has 0 aromatic rings. The van der Waals surface area contributed by atoms with Crippen molar-refractivity contribution in [1.29, 1.82) is 0 Å². The van der Waals surface area contributed by atoms with Crippen LogP contribution in [0.25, 0.3) is 0 Å². The molecule has 0 aromatic carbocycles. The Bertz CT molecular complexity index is 317. The molecule has 0 aromatic heterocycles. The van der Waals surface area contributed by atoms with Crippen molar-refractivity contribution in [1.82, 2.24) is 4.90 Å². The molecule has 1 N–H and O–H groups in total. The fraction of sp³-hybridized carbons (Fsp3) is 0.846. The summed E-state index contributed by atoms with van der Waals surface area (Å²) in [5, 5.41) is 9.49. The van der Waals surface area contributed by atoms with E-state index in [4.69, 9.17) is 0 Å². The van der Waals surface area contributed by atoms with E-state index in [9.17, 15) is 14.7 Å². The molecule has 0 radical (unpaired) electrons. The van der Waals surface area contributed by atoms with Gasteiger partial charge in [0.25, 0.3) is 0 Å². The number of aliphatic carboxylic acids is 1. The van der Waals surface area contributed by atoms with Crippen LogP contribution in [0.3, 0.4) is 0 Å². The lowest BCUT2D eigenvalue weighted by Gasteiger charge is -2.43. The standard InChI is InChI=1S/C13H21NO3/c1-14(11(15)10-6-5-7-10)13(12(16)17)8-3-2-4-9-13/h10H,2-9H2,1H3,(H,16,17). The van der Waals surface area contributed by atoms with Crippen molar-refractivity contribution in [3.63, 3.8) is 0 Å². The van der Waals surface area contributed by atoms with Crippen LogP contribution in [0.2, 0.25) is 0 Å². The summed E-state index contributed by atoms with van der Waals surface area (Å²) < 4.78 is 0. The summed E-state index contributed by atoms with van der Waals surface area (Å²) in [5.41, 5.74) is -0.926. The Morgan fingerprint density at radius 3 is 2.12 bits per heavy atom. The van der Waals surface area contributed by atoms with Gasteiger partial charge in [-0.2, -0.15) is 0 Å². The highest BCUT2D eigenvalue weighted by atomic mass is 16.4. The predicted octanol–water partition coefficient (Wildman–Crippen LogP) is 2.03. The number of carboxylic acids is 1. The van der Waals surface area contributed by atoms with Crippen LogP contribution in [0.4, 0.5) is 0 Å². The van der Waals surface area contributed by atoms with E-state index in [0.29, 0.717) is 12.8 Å². The minimum atomic E-state index is -0.926. The number of nitrogens with zero attached hydrogens (tertiary/aromatic N) is 1. The zero-order valence-corrected chi connectivity index (χ0v) is 10.4. The summed E-state index contributed by atoms with van der Waals surface area (Å²) in [6, 6.07) is 0. The fourth-order valence-corrected chi connectivity index (χ4v) is 2.97. The van der Waals surface area contributed by atoms with E-state index in [1.807, 2.05) is 0 Å². The second kappa shape index (κ2) is 4.67. The number of likely N-dealkylation sites (N-methyl/N-ethyl adjacent to an activating group) is 1. The smallest absolute Gasteiger partial charge is 0.329 e. The van der Waals surface area contributed by atoms with E-state index in [-0.39, 0.29) is 11.8 Å². The maximum Gasteiger partial charge on any atom is 0.329 e. The van der Waals surface area contributed by atoms with Gasteiger partial charge in [0.15, 0.2) is 0 Å². The Morgan fingerprint density at radius 1 is 1.12 bits per heavy atom. The quantitative estimate of drug-likeness (QED) is 0.819. The number of hydrogen-bond donors (Lipinski definition) is 1. The van der Waals surface area contributed by atoms with Crippen molar-refractivity contribution in [2.24, 2.45) is 5.92 Å². The van der Waals surface area contributed by atoms with Gasteiger partial charge in [0.1, 0.15) is 5.54 Å². The number of rotatable bonds is 3. The first-order valence-corrected chi connectivity index (χ1v) is 6.59. The molecule has 0 unspecified atom stereocenters. The third kappa shape index (κ3) is 2.05. The second-order valence-corrected chi connectivity index (χ2v) is 5.42. The Kier molecular flexibility index (Phi) is 3.40. The highest BCUT2D eigenvalue weighted by molar-refractivity contribution is 5.88. The molecule has 4 heteroatoms. The molecule has 96 valence electrons. The van der Waals surface area contributed by atoms with E-state index in [1.54, 1.807) is 11.9 Å². The van der Waals surface area contributed by atoms with E-state index in [1.165, 1.54) is 0 Å². The molecule has 0 bridgehead atoms. The maximum absolute atomic E-state index is 12.2. The van der Waals surface area contributed by atoms with Gasteiger partial charge in [-0.05, 0) is 25.7 Å². The molecule has 2 fully saturated rings. The Balaban J connectivity index is 2.14. The van der Waals surface area contributed by atoms with Gasteiger partial charge in [-0.1, -0.05) is 25.7 Å². The van der Waals surface area contributed by atoms with Crippen LogP contribution in [0.1, 0.15) is 51.4 Å². The summed E-state index contributed by atoms with van der Waals surface area (Å²) in [6.45, 7) is 0. The first-order chi connectivity index (χ1) is 8.08. The van der Waals surface area contributed by atoms with E-state index < -0.39 is 11.5 Å². The van der Waals surface area contributed by atoms with Gasteiger partial charge in [0.2, 0.25) is 5.91 Å². The predicted molar refractivity (Wildman–Crippen MR) is 63.6 cm³/mol. The summed E-state index contributed by atoms with van der Waals surface area (Å²) in [4.78, 5) is 25.3. The molecule has 0 saturated heterocycles. The summed E-state index contributed by atoms with van der Waals surface area (Å²) >= 11 is 0. The van der Waals surface area contributed by atoms with Crippen molar-refractivity contribution >= 4 is 11.9 Å². The van der Waals surface area contributed by atoms with Crippen molar-refractivity contribution in [2.45, 2.75) is 56.9 Å². The molecule has 2 aliphatic rings. The normalized spacial score (nSPS) is 23.8. The molecule has 1 amide bonds. The van der Waals surface area contributed by atoms with Crippen molar-refractivity contribution < 1.29 is 14.7 Å². The number of carboxylic acid groups (broad SMARTS) is 1. The zero-order valence-electron chi connectivity index (χ0n) is 10.4. The van der Waals surface area contributed by atoms with Crippen molar-refractivity contribution in [3.05, 3.63) is 0 Å². The van der Waals surface area contributed by atoms with E-state index in [2.05, 4.69) is 0 Å². The van der Waals surface area contributed by atoms with Crippen LogP contribution in [0, 0.1) is 5.92 Å². The lowest BCUT2D eigenvalue weighted by Crippen LogP contribution is -2.58. The van der Waals surface area contributed by atoms with Crippen LogP contribution in [-0.2, 0) is 9.59 Å². The molecular weight excluding hydrogens is 218 g/mol. The Morgan fingerprint density at radius 2 is 1.71 bits per heavy atom. The van der Waals surface area contributed by atoms with E-state index >= 15 is 0 Å². The third-order valence-electron chi connectivity index (χ3n) is 4.51. The van der Waals surface area contributed by atoms with Crippen LogP contribution in [0.5, 0.6) is 0 Å². The fourth-order valence-electron chi connectivity index (χ4n) is 2.97. The topological polar surface area (TPSA) is 57.6 Å². The Labute approximate surface area is 102 Å². The number of amides is 1. The van der Waals surface area contributed by atoms with Crippen LogP contribution >= 0.6 is 0 Å². The number of hydrogen-bond acceptors (Lipinski definition) is 2. The lowest BCUT2D eigenvalue weighted by atomic mass is 9.78. The van der Waals surface area contributed by atoms with Crippen molar-refractivity contribution in [3.8, 4) is 0 Å². The van der Waals surface area contributed by atoms with Gasteiger partial charge >= 0.3 is 5.97 Å². The molecule has 2 saturated carbocycles. The third-order valence-corrected chi connectivity index (χ3v) is 4.51. The zero-order chi connectivity index (χ0) is 12.5. The van der Waals surface area contributed by atoms with Crippen molar-refractivity contribution in [2.75, 3.05) is 7.05 Å². The molecule has 17 heavy (non-hydrogen) atoms. The highest BCUT2D eigenvalue weighted by Crippen LogP contribution is 2.36. The molecule has 0 spiro atoms. The van der Waals surface area contributed by atoms with Gasteiger partial charge in [-0.3, -0.25) is 4.79 Å². The van der Waals surface area contributed by atoms with Gasteiger partial charge in [-0.15, -0.1) is 0 Å². The molecule has 2 rings (SSSR count). The lowest BCUT2D eigenvalue weighted by molar-refractivity contribution is -0.163. The largest absolute Gasteiger partial charge is 0.479 e. The van der Waals surface area contributed by atoms with Gasteiger partial charge in [0.05, 0.1) is 0 Å². The average molecular weight is 239 g/mol. The first kappa shape index (κ1) is 12.4. The molecule has 0 aliphatic heterocycles. The summed E-state index contributed by atoms with van der Waals surface area (Å²) in [6.07, 6.45) is 7.08. The minimum Gasteiger partial charge on any atom is -0.479 e. The molecule has 2 aliphatic carbocycles. The Hall–Kier alpha value is -1.06. The molecule has 4 nitrogen and oxygen atoms in total. The van der Waals surface area contributed by atoms with Gasteiger partial charge in [0, 0.05) is 13.0 Å². The molecule has 0 heterocycles. The minimum absolute atomic E-state index is 0.0422. The number of carbonyl (C=O) groups excluding carboxylic acids is 1. The van der Waals surface area contributed by atoms with Gasteiger partial charge < -0.3 is 10.0 Å². The number of carbonyl (C=O) groups is 2. The van der Waals surface area contributed by atoms with E-state index in [0.717, 1.165) is 38.5 Å². The average Bonchev–Trinajstić information content (AvgIpc) is 2.26. The SMILES string of the molecule is CN(C(=O)C1CCC1)C1(C(=O)O)CCCCC1. The van der Waals surface area contributed by atoms with Gasteiger partial charge in [-0.25, -0.2) is 4.79 Å². The molecule has 0 atom stereocenters. The van der Waals surface area contributed by atoms with Crippen LogP contribution < -0.4 is 0 Å². The summed E-state index contributed by atoms with van der Waals surface area (Å²) in [5.74, 6) is -0.703. The first-order valence-electron chi connectivity index (χ1n) is 6.59. The highest BCUT2D eigenvalue weighted by Gasteiger charge is 2.47. The molecular formula is C13H21NO3. The monoisotopic (exact) mass is 239 g/mol. The van der Waals surface area contributed by atoms with Crippen LogP contribution in [-0.4, -0.2) is 34.5 Å². The maximum atomic E-state index is 12.2. The van der Waals surface area contributed by atoms with Crippen LogP contribution in [0.15, 0.2) is 0 Å². The second-order valence-electron chi connectivity index (χ2n) is 5.42.